The zero-order valence-electron chi connectivity index (χ0n) is 11.6. The lowest BCUT2D eigenvalue weighted by Gasteiger charge is -2.36. The molecular weight excluding hydrogens is 264 g/mol. The molecule has 0 amide bonds. The molecule has 2 aromatic rings. The van der Waals surface area contributed by atoms with Gasteiger partial charge in [-0.1, -0.05) is 0 Å². The molecule has 0 bridgehead atoms. The second-order valence-electron chi connectivity index (χ2n) is 4.88. The minimum atomic E-state index is 0.614. The first-order valence-electron chi connectivity index (χ1n) is 6.85. The molecule has 1 saturated heterocycles. The topological polar surface area (TPSA) is 82.1 Å². The van der Waals surface area contributed by atoms with Crippen molar-refractivity contribution in [2.45, 2.75) is 0 Å². The highest BCUT2D eigenvalue weighted by Crippen LogP contribution is 2.23. The Bertz CT molecular complexity index is 670. The number of aromatic nitrogens is 2. The van der Waals surface area contributed by atoms with Crippen LogP contribution in [0.1, 0.15) is 5.56 Å². The quantitative estimate of drug-likeness (QED) is 0.891. The fourth-order valence-corrected chi connectivity index (χ4v) is 2.54. The lowest BCUT2D eigenvalue weighted by atomic mass is 10.2. The lowest BCUT2D eigenvalue weighted by molar-refractivity contribution is 0.642. The molecule has 0 unspecified atom stereocenters. The summed E-state index contributed by atoms with van der Waals surface area (Å²) in [5.74, 6) is 1.59. The van der Waals surface area contributed by atoms with Gasteiger partial charge in [0.05, 0.1) is 11.3 Å². The van der Waals surface area contributed by atoms with E-state index in [-0.39, 0.29) is 0 Å². The van der Waals surface area contributed by atoms with Crippen LogP contribution in [-0.2, 0) is 0 Å². The Morgan fingerprint density at radius 1 is 0.952 bits per heavy atom. The molecule has 6 nitrogen and oxygen atoms in total. The predicted molar refractivity (Wildman–Crippen MR) is 82.0 cm³/mol. The van der Waals surface area contributed by atoms with E-state index in [0.29, 0.717) is 11.3 Å². The molecular formula is C15H16N6. The van der Waals surface area contributed by atoms with Gasteiger partial charge in [-0.25, -0.2) is 9.97 Å². The normalized spacial score (nSPS) is 14.8. The molecule has 0 spiro atoms. The minimum absolute atomic E-state index is 0.614. The maximum atomic E-state index is 9.16. The van der Waals surface area contributed by atoms with E-state index in [4.69, 9.17) is 11.0 Å². The van der Waals surface area contributed by atoms with E-state index in [0.717, 1.165) is 37.8 Å². The summed E-state index contributed by atoms with van der Waals surface area (Å²) in [6, 6.07) is 9.47. The second-order valence-corrected chi connectivity index (χ2v) is 4.88. The lowest BCUT2D eigenvalue weighted by Crippen LogP contribution is -2.47. The summed E-state index contributed by atoms with van der Waals surface area (Å²) in [6.45, 7) is 3.20. The highest BCUT2D eigenvalue weighted by Gasteiger charge is 2.21. The number of nitrogens with zero attached hydrogens (tertiary/aromatic N) is 5. The van der Waals surface area contributed by atoms with Gasteiger partial charge in [-0.15, -0.1) is 0 Å². The number of nitrogen functional groups attached to an aromatic ring is 1. The van der Waals surface area contributed by atoms with Crippen LogP contribution in [0.25, 0.3) is 0 Å². The first-order chi connectivity index (χ1) is 10.3. The number of piperazine rings is 1. The van der Waals surface area contributed by atoms with Gasteiger partial charge in [0.15, 0.2) is 5.82 Å². The molecule has 1 aliphatic heterocycles. The number of nitriles is 1. The van der Waals surface area contributed by atoms with Crippen molar-refractivity contribution in [3.8, 4) is 6.07 Å². The van der Waals surface area contributed by atoms with Crippen molar-refractivity contribution in [1.29, 1.82) is 5.26 Å². The number of pyridine rings is 2. The summed E-state index contributed by atoms with van der Waals surface area (Å²) < 4.78 is 0. The van der Waals surface area contributed by atoms with Crippen LogP contribution in [0.15, 0.2) is 36.7 Å². The van der Waals surface area contributed by atoms with Crippen LogP contribution in [0.4, 0.5) is 17.3 Å². The van der Waals surface area contributed by atoms with Crippen molar-refractivity contribution in [3.05, 3.63) is 42.2 Å². The van der Waals surface area contributed by atoms with Crippen LogP contribution < -0.4 is 15.5 Å². The van der Waals surface area contributed by atoms with Gasteiger partial charge in [-0.3, -0.25) is 0 Å². The van der Waals surface area contributed by atoms with Gasteiger partial charge in [0.25, 0.3) is 0 Å². The fourth-order valence-electron chi connectivity index (χ4n) is 2.54. The SMILES string of the molecule is N#Cc1cccnc1N1CCN(c2ncccc2N)CC1. The summed E-state index contributed by atoms with van der Waals surface area (Å²) in [5.41, 5.74) is 7.28. The molecule has 0 atom stereocenters. The zero-order chi connectivity index (χ0) is 14.7. The van der Waals surface area contributed by atoms with Crippen molar-refractivity contribution in [2.75, 3.05) is 41.7 Å². The summed E-state index contributed by atoms with van der Waals surface area (Å²) >= 11 is 0. The van der Waals surface area contributed by atoms with Gasteiger partial charge in [0.2, 0.25) is 0 Å². The standard InChI is InChI=1S/C15H16N6/c16-11-12-3-1-5-18-14(12)20-7-9-21(10-8-20)15-13(17)4-2-6-19-15/h1-6H,7-10,17H2. The molecule has 1 fully saturated rings. The number of hydrogen-bond acceptors (Lipinski definition) is 6. The highest BCUT2D eigenvalue weighted by atomic mass is 15.3. The van der Waals surface area contributed by atoms with Gasteiger partial charge in [0, 0.05) is 38.6 Å². The van der Waals surface area contributed by atoms with E-state index in [1.54, 1.807) is 24.5 Å². The van der Waals surface area contributed by atoms with Gasteiger partial charge in [-0.05, 0) is 24.3 Å². The first kappa shape index (κ1) is 13.2. The number of anilines is 3. The van der Waals surface area contributed by atoms with Gasteiger partial charge in [0.1, 0.15) is 11.9 Å². The van der Waals surface area contributed by atoms with E-state index < -0.39 is 0 Å². The molecule has 3 rings (SSSR count). The Labute approximate surface area is 123 Å². The summed E-state index contributed by atoms with van der Waals surface area (Å²) in [5, 5.41) is 9.16. The maximum absolute atomic E-state index is 9.16. The van der Waals surface area contributed by atoms with Gasteiger partial charge in [-0.2, -0.15) is 5.26 Å². The molecule has 2 aromatic heterocycles. The van der Waals surface area contributed by atoms with Crippen LogP contribution in [0.5, 0.6) is 0 Å². The fraction of sp³-hybridized carbons (Fsp3) is 0.267. The number of rotatable bonds is 2. The molecule has 2 N–H and O–H groups in total. The maximum Gasteiger partial charge on any atom is 0.151 e. The molecule has 1 aliphatic rings. The van der Waals surface area contributed by atoms with Crippen molar-refractivity contribution in [1.82, 2.24) is 9.97 Å². The van der Waals surface area contributed by atoms with E-state index in [9.17, 15) is 0 Å². The van der Waals surface area contributed by atoms with Gasteiger partial charge < -0.3 is 15.5 Å². The third-order valence-electron chi connectivity index (χ3n) is 3.60. The average molecular weight is 280 g/mol. The third kappa shape index (κ3) is 2.58. The van der Waals surface area contributed by atoms with Crippen LogP contribution in [0.3, 0.4) is 0 Å². The molecule has 0 radical (unpaired) electrons. The van der Waals surface area contributed by atoms with Crippen molar-refractivity contribution in [3.63, 3.8) is 0 Å². The Morgan fingerprint density at radius 2 is 1.52 bits per heavy atom. The minimum Gasteiger partial charge on any atom is -0.396 e. The second kappa shape index (κ2) is 5.67. The van der Waals surface area contributed by atoms with Crippen LogP contribution in [0.2, 0.25) is 0 Å². The first-order valence-corrected chi connectivity index (χ1v) is 6.85. The third-order valence-corrected chi connectivity index (χ3v) is 3.60. The average Bonchev–Trinajstić information content (AvgIpc) is 2.55. The predicted octanol–water partition coefficient (Wildman–Crippen LogP) is 1.26. The van der Waals surface area contributed by atoms with E-state index in [1.807, 2.05) is 12.1 Å². The van der Waals surface area contributed by atoms with Crippen LogP contribution in [0, 0.1) is 11.3 Å². The summed E-state index contributed by atoms with van der Waals surface area (Å²) in [6.07, 6.45) is 3.48. The number of hydrogen-bond donors (Lipinski definition) is 1. The number of nitrogens with two attached hydrogens (primary N) is 1. The van der Waals surface area contributed by atoms with E-state index in [2.05, 4.69) is 25.8 Å². The Balaban J connectivity index is 1.74. The molecule has 6 heteroatoms. The molecule has 0 aromatic carbocycles. The summed E-state index contributed by atoms with van der Waals surface area (Å²) in [4.78, 5) is 13.0. The molecule has 3 heterocycles. The van der Waals surface area contributed by atoms with Crippen LogP contribution >= 0.6 is 0 Å². The largest absolute Gasteiger partial charge is 0.396 e. The Morgan fingerprint density at radius 3 is 2.14 bits per heavy atom. The Hall–Kier alpha value is -2.81. The molecule has 21 heavy (non-hydrogen) atoms. The highest BCUT2D eigenvalue weighted by molar-refractivity contribution is 5.63. The molecule has 0 saturated carbocycles. The van der Waals surface area contributed by atoms with Crippen molar-refractivity contribution in [2.24, 2.45) is 0 Å². The Kier molecular flexibility index (Phi) is 3.56. The van der Waals surface area contributed by atoms with Crippen molar-refractivity contribution >= 4 is 17.3 Å². The van der Waals surface area contributed by atoms with E-state index in [1.165, 1.54) is 0 Å². The van der Waals surface area contributed by atoms with Gasteiger partial charge >= 0.3 is 0 Å². The monoisotopic (exact) mass is 280 g/mol. The zero-order valence-corrected chi connectivity index (χ0v) is 11.6. The van der Waals surface area contributed by atoms with Crippen molar-refractivity contribution < 1.29 is 0 Å². The summed E-state index contributed by atoms with van der Waals surface area (Å²) in [7, 11) is 0. The molecule has 106 valence electrons. The molecule has 0 aliphatic carbocycles. The smallest absolute Gasteiger partial charge is 0.151 e. The van der Waals surface area contributed by atoms with Crippen LogP contribution in [-0.4, -0.2) is 36.1 Å². The van der Waals surface area contributed by atoms with E-state index >= 15 is 0 Å².